The van der Waals surface area contributed by atoms with E-state index in [0.29, 0.717) is 6.54 Å². The minimum Gasteiger partial charge on any atom is -0.373 e. The van der Waals surface area contributed by atoms with Crippen molar-refractivity contribution in [1.82, 2.24) is 5.32 Å². The van der Waals surface area contributed by atoms with Crippen LogP contribution in [0.2, 0.25) is 0 Å². The van der Waals surface area contributed by atoms with Crippen molar-refractivity contribution in [3.63, 3.8) is 0 Å². The van der Waals surface area contributed by atoms with E-state index < -0.39 is 11.9 Å². The Hall–Kier alpha value is -2.04. The zero-order chi connectivity index (χ0) is 14.3. The highest BCUT2D eigenvalue weighted by Gasteiger charge is 2.18. The van der Waals surface area contributed by atoms with Crippen molar-refractivity contribution in [1.29, 1.82) is 0 Å². The van der Waals surface area contributed by atoms with Gasteiger partial charge in [-0.25, -0.2) is 0 Å². The van der Waals surface area contributed by atoms with E-state index >= 15 is 0 Å². The summed E-state index contributed by atoms with van der Waals surface area (Å²) in [6.45, 7) is 4.53. The van der Waals surface area contributed by atoms with Crippen LogP contribution in [-0.4, -0.2) is 24.4 Å². The van der Waals surface area contributed by atoms with Gasteiger partial charge in [-0.2, -0.15) is 0 Å². The first-order chi connectivity index (χ1) is 9.02. The maximum atomic E-state index is 11.6. The maximum absolute atomic E-state index is 11.6. The summed E-state index contributed by atoms with van der Waals surface area (Å²) < 4.78 is 0. The normalized spacial score (nSPS) is 11.7. The molecule has 1 rings (SSSR count). The van der Waals surface area contributed by atoms with E-state index in [-0.39, 0.29) is 12.3 Å². The molecule has 0 spiro atoms. The summed E-state index contributed by atoms with van der Waals surface area (Å²) in [6.07, 6.45) is 0.904. The molecule has 1 atom stereocenters. The molecule has 0 aliphatic carbocycles. The van der Waals surface area contributed by atoms with E-state index in [1.807, 2.05) is 38.1 Å². The van der Waals surface area contributed by atoms with Gasteiger partial charge in [0.1, 0.15) is 6.04 Å². The molecule has 0 radical (unpaired) electrons. The molecule has 0 aliphatic rings. The number of carbonyl (C=O) groups excluding carboxylic acids is 2. The molecule has 0 aromatic heterocycles. The largest absolute Gasteiger partial charge is 0.373 e. The number of rotatable bonds is 7. The van der Waals surface area contributed by atoms with E-state index in [4.69, 9.17) is 5.73 Å². The molecule has 5 heteroatoms. The average molecular weight is 263 g/mol. The Balaban J connectivity index is 2.63. The number of amides is 2. The Labute approximate surface area is 113 Å². The summed E-state index contributed by atoms with van der Waals surface area (Å²) in [5.74, 6) is -0.709. The Morgan fingerprint density at radius 3 is 2.68 bits per heavy atom. The molecule has 0 saturated heterocycles. The van der Waals surface area contributed by atoms with Crippen LogP contribution in [-0.2, 0) is 9.59 Å². The fraction of sp³-hybridized carbons (Fsp3) is 0.429. The van der Waals surface area contributed by atoms with Crippen LogP contribution < -0.4 is 16.4 Å². The van der Waals surface area contributed by atoms with Gasteiger partial charge in [-0.1, -0.05) is 19.1 Å². The molecular weight excluding hydrogens is 242 g/mol. The number of nitrogens with one attached hydrogen (secondary N) is 2. The number of primary amides is 1. The molecule has 0 bridgehead atoms. The van der Waals surface area contributed by atoms with Gasteiger partial charge in [0.05, 0.1) is 6.42 Å². The number of hydrogen-bond acceptors (Lipinski definition) is 3. The average Bonchev–Trinajstić information content (AvgIpc) is 2.35. The van der Waals surface area contributed by atoms with Crippen molar-refractivity contribution in [3.8, 4) is 0 Å². The van der Waals surface area contributed by atoms with Crippen LogP contribution in [0.5, 0.6) is 0 Å². The van der Waals surface area contributed by atoms with Crippen molar-refractivity contribution in [2.24, 2.45) is 5.73 Å². The Morgan fingerprint density at radius 2 is 2.11 bits per heavy atom. The molecule has 0 saturated carbocycles. The van der Waals surface area contributed by atoms with E-state index in [9.17, 15) is 9.59 Å². The Kier molecular flexibility index (Phi) is 5.85. The lowest BCUT2D eigenvalue weighted by molar-refractivity contribution is -0.125. The summed E-state index contributed by atoms with van der Waals surface area (Å²) in [7, 11) is 0. The first-order valence-corrected chi connectivity index (χ1v) is 6.42. The van der Waals surface area contributed by atoms with Crippen molar-refractivity contribution >= 4 is 17.5 Å². The SMILES string of the molecule is CCCNC(=O)CC(Nc1cccc(C)c1)C(N)=O. The number of benzene rings is 1. The lowest BCUT2D eigenvalue weighted by Crippen LogP contribution is -2.40. The van der Waals surface area contributed by atoms with E-state index in [2.05, 4.69) is 10.6 Å². The van der Waals surface area contributed by atoms with Gasteiger partial charge in [-0.15, -0.1) is 0 Å². The second-order valence-electron chi connectivity index (χ2n) is 4.52. The molecule has 0 aliphatic heterocycles. The highest BCUT2D eigenvalue weighted by molar-refractivity contribution is 5.89. The fourth-order valence-corrected chi connectivity index (χ4v) is 1.68. The van der Waals surface area contributed by atoms with Crippen LogP contribution >= 0.6 is 0 Å². The second kappa shape index (κ2) is 7.41. The molecule has 2 amide bonds. The summed E-state index contributed by atoms with van der Waals surface area (Å²) in [5.41, 5.74) is 7.18. The molecule has 1 aromatic rings. The quantitative estimate of drug-likeness (QED) is 0.690. The number of carbonyl (C=O) groups is 2. The van der Waals surface area contributed by atoms with E-state index in [1.165, 1.54) is 0 Å². The maximum Gasteiger partial charge on any atom is 0.240 e. The monoisotopic (exact) mass is 263 g/mol. The van der Waals surface area contributed by atoms with Gasteiger partial charge >= 0.3 is 0 Å². The molecule has 0 heterocycles. The smallest absolute Gasteiger partial charge is 0.240 e. The lowest BCUT2D eigenvalue weighted by Gasteiger charge is -2.16. The zero-order valence-corrected chi connectivity index (χ0v) is 11.4. The number of aryl methyl sites for hydroxylation is 1. The lowest BCUT2D eigenvalue weighted by atomic mass is 10.1. The molecule has 1 unspecified atom stereocenters. The Morgan fingerprint density at radius 1 is 1.37 bits per heavy atom. The molecule has 5 nitrogen and oxygen atoms in total. The van der Waals surface area contributed by atoms with Crippen LogP contribution in [0, 0.1) is 6.92 Å². The summed E-state index contributed by atoms with van der Waals surface area (Å²) >= 11 is 0. The van der Waals surface area contributed by atoms with Gasteiger partial charge in [0.15, 0.2) is 0 Å². The van der Waals surface area contributed by atoms with Crippen LogP contribution in [0.15, 0.2) is 24.3 Å². The zero-order valence-electron chi connectivity index (χ0n) is 11.4. The first kappa shape index (κ1) is 15.0. The third kappa shape index (κ3) is 5.42. The number of hydrogen-bond donors (Lipinski definition) is 3. The minimum absolute atomic E-state index is 0.0449. The van der Waals surface area contributed by atoms with Crippen LogP contribution in [0.4, 0.5) is 5.69 Å². The van der Waals surface area contributed by atoms with Crippen molar-refractivity contribution in [2.45, 2.75) is 32.7 Å². The van der Waals surface area contributed by atoms with Crippen molar-refractivity contribution in [2.75, 3.05) is 11.9 Å². The van der Waals surface area contributed by atoms with Crippen LogP contribution in [0.3, 0.4) is 0 Å². The predicted octanol–water partition coefficient (Wildman–Crippen LogP) is 1.18. The molecule has 1 aromatic carbocycles. The van der Waals surface area contributed by atoms with Gasteiger partial charge in [-0.3, -0.25) is 9.59 Å². The van der Waals surface area contributed by atoms with Gasteiger partial charge in [-0.05, 0) is 31.0 Å². The second-order valence-corrected chi connectivity index (χ2v) is 4.52. The van der Waals surface area contributed by atoms with Crippen LogP contribution in [0.25, 0.3) is 0 Å². The van der Waals surface area contributed by atoms with Crippen LogP contribution in [0.1, 0.15) is 25.3 Å². The number of anilines is 1. The van der Waals surface area contributed by atoms with Crippen molar-refractivity contribution in [3.05, 3.63) is 29.8 Å². The summed E-state index contributed by atoms with van der Waals surface area (Å²) in [5, 5.41) is 5.72. The fourth-order valence-electron chi connectivity index (χ4n) is 1.68. The van der Waals surface area contributed by atoms with Crippen molar-refractivity contribution < 1.29 is 9.59 Å². The number of nitrogens with two attached hydrogens (primary N) is 1. The molecule has 4 N–H and O–H groups in total. The molecule has 19 heavy (non-hydrogen) atoms. The topological polar surface area (TPSA) is 84.2 Å². The predicted molar refractivity (Wildman–Crippen MR) is 75.7 cm³/mol. The summed E-state index contributed by atoms with van der Waals surface area (Å²) in [4.78, 5) is 23.0. The van der Waals surface area contributed by atoms with Gasteiger partial charge in [0.25, 0.3) is 0 Å². The van der Waals surface area contributed by atoms with Gasteiger partial charge in [0, 0.05) is 12.2 Å². The summed E-state index contributed by atoms with van der Waals surface area (Å²) in [6, 6.07) is 6.89. The van der Waals surface area contributed by atoms with Gasteiger partial charge < -0.3 is 16.4 Å². The third-order valence-electron chi connectivity index (χ3n) is 2.66. The highest BCUT2D eigenvalue weighted by Crippen LogP contribution is 2.12. The minimum atomic E-state index is -0.696. The highest BCUT2D eigenvalue weighted by atomic mass is 16.2. The standard InChI is InChI=1S/C14H21N3O2/c1-3-7-16-13(18)9-12(14(15)19)17-11-6-4-5-10(2)8-11/h4-6,8,12,17H,3,7,9H2,1-2H3,(H2,15,19)(H,16,18). The van der Waals surface area contributed by atoms with E-state index in [0.717, 1.165) is 17.7 Å². The molecular formula is C14H21N3O2. The van der Waals surface area contributed by atoms with Gasteiger partial charge in [0.2, 0.25) is 11.8 Å². The van der Waals surface area contributed by atoms with E-state index in [1.54, 1.807) is 0 Å². The molecule has 0 fully saturated rings. The first-order valence-electron chi connectivity index (χ1n) is 6.42. The molecule has 104 valence electrons. The Bertz CT molecular complexity index is 446. The third-order valence-corrected chi connectivity index (χ3v) is 2.66.